The quantitative estimate of drug-likeness (QED) is 0.826. The van der Waals surface area contributed by atoms with E-state index in [1.54, 1.807) is 0 Å². The predicted octanol–water partition coefficient (Wildman–Crippen LogP) is 3.80. The van der Waals surface area contributed by atoms with Crippen molar-refractivity contribution in [1.29, 1.82) is 0 Å². The van der Waals surface area contributed by atoms with Crippen molar-refractivity contribution in [3.8, 4) is 5.88 Å². The SMILES string of the molecule is CC(C)CC(C)Oc1ncc(CNC2CC2)cc1Cl. The number of hydrogen-bond acceptors (Lipinski definition) is 3. The number of hydrogen-bond donors (Lipinski definition) is 1. The molecule has 1 aromatic heterocycles. The van der Waals surface area contributed by atoms with Crippen LogP contribution in [0.15, 0.2) is 12.3 Å². The first-order valence-electron chi connectivity index (χ1n) is 7.09. The third kappa shape index (κ3) is 5.00. The van der Waals surface area contributed by atoms with E-state index >= 15 is 0 Å². The average Bonchev–Trinajstić information content (AvgIpc) is 3.12. The Bertz CT molecular complexity index is 419. The van der Waals surface area contributed by atoms with E-state index in [1.165, 1.54) is 12.8 Å². The van der Waals surface area contributed by atoms with Crippen molar-refractivity contribution in [2.45, 2.75) is 58.7 Å². The Morgan fingerprint density at radius 2 is 2.16 bits per heavy atom. The van der Waals surface area contributed by atoms with Crippen LogP contribution >= 0.6 is 11.6 Å². The van der Waals surface area contributed by atoms with Crippen LogP contribution in [0.5, 0.6) is 5.88 Å². The molecule has 2 rings (SSSR count). The van der Waals surface area contributed by atoms with E-state index in [0.29, 0.717) is 22.9 Å². The number of halogens is 1. The monoisotopic (exact) mass is 282 g/mol. The molecule has 3 nitrogen and oxygen atoms in total. The van der Waals surface area contributed by atoms with E-state index < -0.39 is 0 Å². The van der Waals surface area contributed by atoms with Crippen molar-refractivity contribution in [2.24, 2.45) is 5.92 Å². The van der Waals surface area contributed by atoms with E-state index in [0.717, 1.165) is 18.5 Å². The third-order valence-corrected chi connectivity index (χ3v) is 3.42. The van der Waals surface area contributed by atoms with Gasteiger partial charge in [-0.2, -0.15) is 0 Å². The Morgan fingerprint density at radius 1 is 1.42 bits per heavy atom. The second-order valence-corrected chi connectivity index (χ2v) is 6.25. The minimum atomic E-state index is 0.139. The summed E-state index contributed by atoms with van der Waals surface area (Å²) in [5.74, 6) is 1.15. The van der Waals surface area contributed by atoms with Crippen molar-refractivity contribution < 1.29 is 4.74 Å². The van der Waals surface area contributed by atoms with Crippen LogP contribution < -0.4 is 10.1 Å². The van der Waals surface area contributed by atoms with E-state index in [4.69, 9.17) is 16.3 Å². The van der Waals surface area contributed by atoms with E-state index in [1.807, 2.05) is 12.3 Å². The zero-order valence-corrected chi connectivity index (χ0v) is 12.7. The van der Waals surface area contributed by atoms with Gasteiger partial charge in [0.2, 0.25) is 5.88 Å². The van der Waals surface area contributed by atoms with Gasteiger partial charge in [0.1, 0.15) is 5.02 Å². The summed E-state index contributed by atoms with van der Waals surface area (Å²) >= 11 is 6.23. The Balaban J connectivity index is 1.89. The van der Waals surface area contributed by atoms with Gasteiger partial charge in [-0.1, -0.05) is 25.4 Å². The first kappa shape index (κ1) is 14.6. The molecule has 0 spiro atoms. The zero-order valence-electron chi connectivity index (χ0n) is 11.9. The Kier molecular flexibility index (Phi) is 5.06. The molecule has 0 radical (unpaired) electrons. The molecule has 1 aliphatic carbocycles. The van der Waals surface area contributed by atoms with Crippen LogP contribution in [0.4, 0.5) is 0 Å². The first-order chi connectivity index (χ1) is 9.04. The molecule has 0 bridgehead atoms. The molecule has 1 unspecified atom stereocenters. The molecule has 0 saturated heterocycles. The lowest BCUT2D eigenvalue weighted by Gasteiger charge is -2.17. The minimum absolute atomic E-state index is 0.139. The van der Waals surface area contributed by atoms with Crippen molar-refractivity contribution in [3.05, 3.63) is 22.8 Å². The highest BCUT2D eigenvalue weighted by Gasteiger charge is 2.20. The highest BCUT2D eigenvalue weighted by atomic mass is 35.5. The van der Waals surface area contributed by atoms with E-state index in [9.17, 15) is 0 Å². The largest absolute Gasteiger partial charge is 0.474 e. The van der Waals surface area contributed by atoms with Crippen LogP contribution in [0.3, 0.4) is 0 Å². The normalized spacial score (nSPS) is 16.7. The molecular formula is C15H23ClN2O. The highest BCUT2D eigenvalue weighted by molar-refractivity contribution is 6.31. The summed E-state index contributed by atoms with van der Waals surface area (Å²) in [6.45, 7) is 7.25. The Morgan fingerprint density at radius 3 is 2.74 bits per heavy atom. The number of ether oxygens (including phenoxy) is 1. The lowest BCUT2D eigenvalue weighted by molar-refractivity contribution is 0.186. The van der Waals surface area contributed by atoms with Crippen LogP contribution in [-0.4, -0.2) is 17.1 Å². The molecule has 1 aliphatic rings. The van der Waals surface area contributed by atoms with Crippen molar-refractivity contribution in [1.82, 2.24) is 10.3 Å². The number of pyridine rings is 1. The molecule has 19 heavy (non-hydrogen) atoms. The average molecular weight is 283 g/mol. The van der Waals surface area contributed by atoms with Crippen molar-refractivity contribution >= 4 is 11.6 Å². The molecule has 1 heterocycles. The van der Waals surface area contributed by atoms with Crippen molar-refractivity contribution in [3.63, 3.8) is 0 Å². The van der Waals surface area contributed by atoms with E-state index in [-0.39, 0.29) is 6.10 Å². The van der Waals surface area contributed by atoms with Crippen LogP contribution in [-0.2, 0) is 6.54 Å². The molecule has 0 aliphatic heterocycles. The summed E-state index contributed by atoms with van der Waals surface area (Å²) in [6, 6.07) is 2.64. The number of aromatic nitrogens is 1. The van der Waals surface area contributed by atoms with Gasteiger partial charge in [0.25, 0.3) is 0 Å². The van der Waals surface area contributed by atoms with Gasteiger partial charge < -0.3 is 10.1 Å². The fourth-order valence-electron chi connectivity index (χ4n) is 2.10. The summed E-state index contributed by atoms with van der Waals surface area (Å²) in [6.07, 6.45) is 5.56. The molecule has 0 amide bonds. The molecule has 1 fully saturated rings. The van der Waals surface area contributed by atoms with Crippen LogP contribution in [0.2, 0.25) is 5.02 Å². The topological polar surface area (TPSA) is 34.1 Å². The maximum atomic E-state index is 6.23. The molecule has 106 valence electrons. The maximum Gasteiger partial charge on any atom is 0.232 e. The zero-order chi connectivity index (χ0) is 13.8. The molecule has 4 heteroatoms. The number of nitrogens with zero attached hydrogens (tertiary/aromatic N) is 1. The molecular weight excluding hydrogens is 260 g/mol. The Labute approximate surface area is 120 Å². The number of nitrogens with one attached hydrogen (secondary N) is 1. The molecule has 0 aromatic carbocycles. The summed E-state index contributed by atoms with van der Waals surface area (Å²) in [5.41, 5.74) is 1.11. The minimum Gasteiger partial charge on any atom is -0.474 e. The van der Waals surface area contributed by atoms with Crippen LogP contribution in [0, 0.1) is 5.92 Å². The summed E-state index contributed by atoms with van der Waals surface area (Å²) in [5, 5.41) is 4.05. The molecule has 1 saturated carbocycles. The smallest absolute Gasteiger partial charge is 0.232 e. The van der Waals surface area contributed by atoms with Gasteiger partial charge in [-0.25, -0.2) is 4.98 Å². The van der Waals surface area contributed by atoms with Gasteiger partial charge in [-0.3, -0.25) is 0 Å². The fourth-order valence-corrected chi connectivity index (χ4v) is 2.33. The van der Waals surface area contributed by atoms with Crippen LogP contribution in [0.25, 0.3) is 0 Å². The summed E-state index contributed by atoms with van der Waals surface area (Å²) in [4.78, 5) is 4.33. The standard InChI is InChI=1S/C15H23ClN2O/c1-10(2)6-11(3)19-15-14(16)7-12(9-18-15)8-17-13-4-5-13/h7,9-11,13,17H,4-6,8H2,1-3H3. The second-order valence-electron chi connectivity index (χ2n) is 5.84. The van der Waals surface area contributed by atoms with Gasteiger partial charge >= 0.3 is 0 Å². The van der Waals surface area contributed by atoms with Gasteiger partial charge in [0.05, 0.1) is 6.10 Å². The van der Waals surface area contributed by atoms with Gasteiger partial charge in [-0.15, -0.1) is 0 Å². The van der Waals surface area contributed by atoms with Gasteiger partial charge in [-0.05, 0) is 43.7 Å². The highest BCUT2D eigenvalue weighted by Crippen LogP contribution is 2.25. The second kappa shape index (κ2) is 6.58. The van der Waals surface area contributed by atoms with Gasteiger partial charge in [0.15, 0.2) is 0 Å². The Hall–Kier alpha value is -0.800. The third-order valence-electron chi connectivity index (χ3n) is 3.15. The van der Waals surface area contributed by atoms with Crippen LogP contribution in [0.1, 0.15) is 45.6 Å². The number of rotatable bonds is 7. The lowest BCUT2D eigenvalue weighted by atomic mass is 10.1. The molecule has 1 aromatic rings. The maximum absolute atomic E-state index is 6.23. The summed E-state index contributed by atoms with van der Waals surface area (Å²) < 4.78 is 5.79. The summed E-state index contributed by atoms with van der Waals surface area (Å²) in [7, 11) is 0. The first-order valence-corrected chi connectivity index (χ1v) is 7.47. The molecule has 1 N–H and O–H groups in total. The predicted molar refractivity (Wildman–Crippen MR) is 78.7 cm³/mol. The van der Waals surface area contributed by atoms with Crippen molar-refractivity contribution in [2.75, 3.05) is 0 Å². The lowest BCUT2D eigenvalue weighted by Crippen LogP contribution is -2.17. The van der Waals surface area contributed by atoms with E-state index in [2.05, 4.69) is 31.1 Å². The fraction of sp³-hybridized carbons (Fsp3) is 0.667. The van der Waals surface area contributed by atoms with Gasteiger partial charge in [0, 0.05) is 18.8 Å². The molecule has 1 atom stereocenters.